The molecule has 5 rings (SSSR count). The second-order valence-electron chi connectivity index (χ2n) is 9.67. The third-order valence-electron chi connectivity index (χ3n) is 7.80. The van der Waals surface area contributed by atoms with Crippen molar-refractivity contribution in [2.24, 2.45) is 0 Å². The summed E-state index contributed by atoms with van der Waals surface area (Å²) in [5.41, 5.74) is 2.79. The second kappa shape index (κ2) is 9.70. The molecule has 1 aliphatic heterocycles. The summed E-state index contributed by atoms with van der Waals surface area (Å²) in [4.78, 5) is 0. The topological polar surface area (TPSA) is 18.5 Å². The summed E-state index contributed by atoms with van der Waals surface area (Å²) in [7, 11) is 0. The Morgan fingerprint density at radius 1 is 0.794 bits per heavy atom. The zero-order valence-electron chi connectivity index (χ0n) is 20.0. The van der Waals surface area contributed by atoms with Gasteiger partial charge in [-0.05, 0) is 0 Å². The van der Waals surface area contributed by atoms with E-state index in [1.807, 2.05) is 0 Å². The zero-order chi connectivity index (χ0) is 23.5. The molecule has 1 fully saturated rings. The van der Waals surface area contributed by atoms with Crippen LogP contribution >= 0.6 is 20.8 Å². The molecule has 1 saturated heterocycles. The van der Waals surface area contributed by atoms with Crippen LogP contribution in [-0.2, 0) is 9.47 Å². The van der Waals surface area contributed by atoms with Crippen LogP contribution in [-0.4, -0.2) is 31.6 Å². The minimum atomic E-state index is -2.88. The number of halogens is 1. The summed E-state index contributed by atoms with van der Waals surface area (Å²) in [5.74, 6) is 0. The zero-order valence-corrected chi connectivity index (χ0v) is 22.4. The number of allylic oxidation sites excluding steroid dienone is 1. The molecular weight excluding hydrogens is 503 g/mol. The van der Waals surface area contributed by atoms with E-state index in [9.17, 15) is 0 Å². The molecular formula is C30H34BrO2P. The molecule has 0 N–H and O–H groups in total. The number of hydrogen-bond acceptors (Lipinski definition) is 2. The third kappa shape index (κ3) is 4.01. The molecule has 1 aliphatic carbocycles. The van der Waals surface area contributed by atoms with Gasteiger partial charge in [0.1, 0.15) is 0 Å². The van der Waals surface area contributed by atoms with Crippen LogP contribution in [0.3, 0.4) is 0 Å². The first-order valence-corrected chi connectivity index (χ1v) is 16.8. The Morgan fingerprint density at radius 2 is 1.32 bits per heavy atom. The van der Waals surface area contributed by atoms with Crippen LogP contribution in [0.2, 0.25) is 0 Å². The summed E-state index contributed by atoms with van der Waals surface area (Å²) >= 11 is 4.59. The maximum absolute atomic E-state index is 6.39. The van der Waals surface area contributed by atoms with Gasteiger partial charge in [0, 0.05) is 0 Å². The molecule has 1 unspecified atom stereocenters. The Bertz CT molecular complexity index is 1040. The molecule has 1 spiro atoms. The Kier molecular flexibility index (Phi) is 6.84. The van der Waals surface area contributed by atoms with E-state index in [0.29, 0.717) is 19.8 Å². The van der Waals surface area contributed by atoms with Crippen LogP contribution in [0.25, 0.3) is 0 Å². The molecule has 3 aromatic rings. The Labute approximate surface area is 212 Å². The van der Waals surface area contributed by atoms with Crippen molar-refractivity contribution >= 4 is 36.7 Å². The molecule has 1 heterocycles. The van der Waals surface area contributed by atoms with Gasteiger partial charge < -0.3 is 0 Å². The summed E-state index contributed by atoms with van der Waals surface area (Å²) < 4.78 is 12.3. The van der Waals surface area contributed by atoms with Gasteiger partial charge in [0.25, 0.3) is 0 Å². The minimum absolute atomic E-state index is 0.197. The van der Waals surface area contributed by atoms with Gasteiger partial charge in [-0.3, -0.25) is 0 Å². The molecule has 2 nitrogen and oxygen atoms in total. The third-order valence-corrected chi connectivity index (χ3v) is 17.8. The van der Waals surface area contributed by atoms with Crippen molar-refractivity contribution in [1.82, 2.24) is 0 Å². The van der Waals surface area contributed by atoms with E-state index in [2.05, 4.69) is 113 Å². The molecule has 3 aromatic carbocycles. The van der Waals surface area contributed by atoms with Crippen molar-refractivity contribution in [2.45, 2.75) is 38.2 Å². The molecule has 0 aromatic heterocycles. The molecule has 34 heavy (non-hydrogen) atoms. The van der Waals surface area contributed by atoms with E-state index in [-0.39, 0.29) is 5.60 Å². The number of benzene rings is 3. The van der Waals surface area contributed by atoms with Crippen LogP contribution in [0.4, 0.5) is 0 Å². The van der Waals surface area contributed by atoms with Gasteiger partial charge in [-0.1, -0.05) is 0 Å². The number of ether oxygens (including phenoxy) is 2. The molecule has 178 valence electrons. The van der Waals surface area contributed by atoms with Crippen LogP contribution in [0, 0.1) is 0 Å². The fourth-order valence-electron chi connectivity index (χ4n) is 6.02. The molecule has 4 heteroatoms. The molecule has 2 aliphatic rings. The number of hydrogen-bond donors (Lipinski definition) is 0. The molecule has 0 amide bonds. The quantitative estimate of drug-likeness (QED) is 0.253. The van der Waals surface area contributed by atoms with Gasteiger partial charge in [0.2, 0.25) is 0 Å². The van der Waals surface area contributed by atoms with E-state index >= 15 is 0 Å². The van der Waals surface area contributed by atoms with Crippen molar-refractivity contribution in [3.63, 3.8) is 0 Å². The van der Waals surface area contributed by atoms with Crippen LogP contribution < -0.4 is 15.9 Å². The van der Waals surface area contributed by atoms with E-state index in [1.54, 1.807) is 0 Å². The maximum atomic E-state index is 6.39. The van der Waals surface area contributed by atoms with Crippen LogP contribution in [0.15, 0.2) is 102 Å². The van der Waals surface area contributed by atoms with E-state index < -0.39 is 5.31 Å². The molecule has 0 radical (unpaired) electrons. The standard InChI is InChI=1S/C30H34BrO2P/c1-25-19-20-30(24-32-21-22-33-30)29(25)18-11-23-34(31,26-12-5-2-6-13-26,27-14-7-3-8-15-27)28-16-9-4-10-17-28/h2-10,12-17H,11,18-24H2,1H3. The van der Waals surface area contributed by atoms with E-state index in [1.165, 1.54) is 27.1 Å². The average molecular weight is 537 g/mol. The van der Waals surface area contributed by atoms with Crippen molar-refractivity contribution in [3.05, 3.63) is 102 Å². The van der Waals surface area contributed by atoms with Crippen molar-refractivity contribution < 1.29 is 9.47 Å². The van der Waals surface area contributed by atoms with Crippen molar-refractivity contribution in [3.8, 4) is 0 Å². The fourth-order valence-corrected chi connectivity index (χ4v) is 13.7. The van der Waals surface area contributed by atoms with Gasteiger partial charge in [-0.25, -0.2) is 0 Å². The predicted octanol–water partition coefficient (Wildman–Crippen LogP) is 6.50. The summed E-state index contributed by atoms with van der Waals surface area (Å²) in [5, 5.41) is 1.27. The first kappa shape index (κ1) is 23.9. The molecule has 0 saturated carbocycles. The summed E-state index contributed by atoms with van der Waals surface area (Å²) in [6.45, 7) is 4.41. The molecule has 0 bridgehead atoms. The van der Waals surface area contributed by atoms with Gasteiger partial charge in [0.15, 0.2) is 0 Å². The van der Waals surface area contributed by atoms with Gasteiger partial charge in [-0.15, -0.1) is 0 Å². The first-order valence-electron chi connectivity index (χ1n) is 12.4. The molecule has 1 atom stereocenters. The van der Waals surface area contributed by atoms with Crippen LogP contribution in [0.5, 0.6) is 0 Å². The van der Waals surface area contributed by atoms with Gasteiger partial charge in [0.05, 0.1) is 0 Å². The average Bonchev–Trinajstić information content (AvgIpc) is 3.20. The monoisotopic (exact) mass is 536 g/mol. The normalized spacial score (nSPS) is 22.0. The Morgan fingerprint density at radius 3 is 1.79 bits per heavy atom. The van der Waals surface area contributed by atoms with Crippen molar-refractivity contribution in [2.75, 3.05) is 26.0 Å². The van der Waals surface area contributed by atoms with E-state index in [4.69, 9.17) is 9.47 Å². The van der Waals surface area contributed by atoms with Crippen molar-refractivity contribution in [1.29, 1.82) is 0 Å². The first-order chi connectivity index (χ1) is 16.6. The summed E-state index contributed by atoms with van der Waals surface area (Å²) in [6.07, 6.45) is 5.36. The SMILES string of the molecule is CC1=C(CCCP(Br)(c2ccccc2)(c2ccccc2)c2ccccc2)C2(CC1)COCCO2. The Hall–Kier alpha value is -1.77. The van der Waals surface area contributed by atoms with E-state index in [0.717, 1.165) is 31.8 Å². The predicted molar refractivity (Wildman–Crippen MR) is 150 cm³/mol. The van der Waals surface area contributed by atoms with Gasteiger partial charge >= 0.3 is 213 Å². The van der Waals surface area contributed by atoms with Crippen LogP contribution in [0.1, 0.15) is 32.6 Å². The Balaban J connectivity index is 1.57. The summed E-state index contributed by atoms with van der Waals surface area (Å²) in [6, 6.07) is 33.3. The second-order valence-corrected chi connectivity index (χ2v) is 18.7. The van der Waals surface area contributed by atoms with Gasteiger partial charge in [-0.2, -0.15) is 0 Å². The number of rotatable bonds is 7. The fraction of sp³-hybridized carbons (Fsp3) is 0.333.